The van der Waals surface area contributed by atoms with Crippen LogP contribution in [-0.4, -0.2) is 16.4 Å². The Kier molecular flexibility index (Phi) is 4.20. The summed E-state index contributed by atoms with van der Waals surface area (Å²) in [5, 5.41) is 2.87. The Morgan fingerprint density at radius 2 is 2.05 bits per heavy atom. The van der Waals surface area contributed by atoms with E-state index < -0.39 is 11.4 Å². The van der Waals surface area contributed by atoms with Crippen LogP contribution in [0.1, 0.15) is 36.0 Å². The first-order chi connectivity index (χ1) is 8.96. The summed E-state index contributed by atoms with van der Waals surface area (Å²) in [4.78, 5) is 12.6. The van der Waals surface area contributed by atoms with Crippen molar-refractivity contribution in [2.75, 3.05) is 0 Å². The number of hydrogen-bond donors (Lipinski definition) is 2. The number of halogens is 2. The average molecular weight is 345 g/mol. The number of thiocarbonyl (C=S) groups is 1. The van der Waals surface area contributed by atoms with Crippen LogP contribution >= 0.6 is 28.1 Å². The van der Waals surface area contributed by atoms with Crippen LogP contribution in [0, 0.1) is 5.82 Å². The number of amides is 1. The molecule has 0 unspecified atom stereocenters. The Morgan fingerprint density at radius 1 is 1.42 bits per heavy atom. The second kappa shape index (κ2) is 5.54. The number of nitrogens with one attached hydrogen (secondary N) is 1. The number of hydrogen-bond acceptors (Lipinski definition) is 2. The molecule has 1 aromatic rings. The summed E-state index contributed by atoms with van der Waals surface area (Å²) >= 11 is 8.16. The van der Waals surface area contributed by atoms with Gasteiger partial charge in [-0.15, -0.1) is 0 Å². The number of benzene rings is 1. The van der Waals surface area contributed by atoms with E-state index in [9.17, 15) is 9.18 Å². The maximum atomic E-state index is 13.4. The maximum absolute atomic E-state index is 13.4. The SMILES string of the molecule is NC(=S)C1(NC(=O)c2cccc(F)c2Br)CCCC1. The molecule has 0 saturated heterocycles. The lowest BCUT2D eigenvalue weighted by atomic mass is 9.97. The molecule has 19 heavy (non-hydrogen) atoms. The lowest BCUT2D eigenvalue weighted by molar-refractivity contribution is 0.0923. The molecule has 0 bridgehead atoms. The Hall–Kier alpha value is -1.01. The Balaban J connectivity index is 2.25. The molecule has 1 fully saturated rings. The van der Waals surface area contributed by atoms with Crippen LogP contribution in [0.4, 0.5) is 4.39 Å². The fourth-order valence-electron chi connectivity index (χ4n) is 2.38. The van der Waals surface area contributed by atoms with Crippen molar-refractivity contribution in [1.29, 1.82) is 0 Å². The van der Waals surface area contributed by atoms with Gasteiger partial charge in [-0.2, -0.15) is 0 Å². The second-order valence-electron chi connectivity index (χ2n) is 4.71. The largest absolute Gasteiger partial charge is 0.391 e. The minimum Gasteiger partial charge on any atom is -0.391 e. The van der Waals surface area contributed by atoms with E-state index in [1.807, 2.05) is 0 Å². The monoisotopic (exact) mass is 344 g/mol. The fraction of sp³-hybridized carbons (Fsp3) is 0.385. The van der Waals surface area contributed by atoms with Crippen LogP contribution in [0.3, 0.4) is 0 Å². The Morgan fingerprint density at radius 3 is 2.63 bits per heavy atom. The molecule has 0 aromatic heterocycles. The average Bonchev–Trinajstić information content (AvgIpc) is 2.82. The van der Waals surface area contributed by atoms with E-state index in [1.165, 1.54) is 12.1 Å². The van der Waals surface area contributed by atoms with E-state index in [0.29, 0.717) is 4.99 Å². The van der Waals surface area contributed by atoms with E-state index in [1.54, 1.807) is 6.07 Å². The first kappa shape index (κ1) is 14.4. The van der Waals surface area contributed by atoms with Gasteiger partial charge in [-0.25, -0.2) is 4.39 Å². The zero-order valence-corrected chi connectivity index (χ0v) is 12.6. The molecule has 1 aliphatic rings. The van der Waals surface area contributed by atoms with Crippen LogP contribution < -0.4 is 11.1 Å². The minimum atomic E-state index is -0.627. The number of carbonyl (C=O) groups excluding carboxylic acids is 1. The third kappa shape index (κ3) is 2.79. The summed E-state index contributed by atoms with van der Waals surface area (Å²) in [5.41, 5.74) is 5.38. The summed E-state index contributed by atoms with van der Waals surface area (Å²) < 4.78 is 13.6. The number of rotatable bonds is 3. The van der Waals surface area contributed by atoms with Crippen LogP contribution in [0.5, 0.6) is 0 Å². The van der Waals surface area contributed by atoms with Crippen LogP contribution in [0.15, 0.2) is 22.7 Å². The molecule has 1 aromatic carbocycles. The minimum absolute atomic E-state index is 0.156. The predicted molar refractivity (Wildman–Crippen MR) is 79.6 cm³/mol. The van der Waals surface area contributed by atoms with Crippen molar-refractivity contribution in [3.05, 3.63) is 34.1 Å². The molecule has 1 amide bonds. The lowest BCUT2D eigenvalue weighted by Gasteiger charge is -2.29. The molecule has 0 heterocycles. The fourth-order valence-corrected chi connectivity index (χ4v) is 3.07. The van der Waals surface area contributed by atoms with Gasteiger partial charge in [0.15, 0.2) is 0 Å². The lowest BCUT2D eigenvalue weighted by Crippen LogP contribution is -2.54. The van der Waals surface area contributed by atoms with Crippen molar-refractivity contribution >= 4 is 39.0 Å². The van der Waals surface area contributed by atoms with Gasteiger partial charge in [-0.3, -0.25) is 4.79 Å². The molecule has 2 rings (SSSR count). The van der Waals surface area contributed by atoms with Gasteiger partial charge in [0.2, 0.25) is 0 Å². The second-order valence-corrected chi connectivity index (χ2v) is 5.94. The van der Waals surface area contributed by atoms with E-state index in [0.717, 1.165) is 25.7 Å². The van der Waals surface area contributed by atoms with Gasteiger partial charge in [-0.1, -0.05) is 31.1 Å². The summed E-state index contributed by atoms with van der Waals surface area (Å²) in [6, 6.07) is 4.35. The zero-order chi connectivity index (χ0) is 14.0. The van der Waals surface area contributed by atoms with Gasteiger partial charge in [0, 0.05) is 0 Å². The predicted octanol–water partition coefficient (Wildman–Crippen LogP) is 2.92. The molecule has 0 atom stereocenters. The molecular formula is C13H14BrFN2OS. The first-order valence-electron chi connectivity index (χ1n) is 6.03. The van der Waals surface area contributed by atoms with Crippen LogP contribution in [0.2, 0.25) is 0 Å². The smallest absolute Gasteiger partial charge is 0.253 e. The van der Waals surface area contributed by atoms with Crippen molar-refractivity contribution in [2.24, 2.45) is 5.73 Å². The van der Waals surface area contributed by atoms with Gasteiger partial charge >= 0.3 is 0 Å². The molecule has 102 valence electrons. The molecule has 0 spiro atoms. The number of nitrogens with two attached hydrogens (primary N) is 1. The normalized spacial score (nSPS) is 17.2. The van der Waals surface area contributed by atoms with E-state index in [4.69, 9.17) is 18.0 Å². The molecule has 1 aliphatic carbocycles. The quantitative estimate of drug-likeness (QED) is 0.829. The molecule has 1 saturated carbocycles. The highest BCUT2D eigenvalue weighted by Gasteiger charge is 2.38. The van der Waals surface area contributed by atoms with Crippen molar-refractivity contribution in [3.63, 3.8) is 0 Å². The highest BCUT2D eigenvalue weighted by Crippen LogP contribution is 2.31. The standard InChI is InChI=1S/C13H14BrFN2OS/c14-10-8(4-3-5-9(10)15)11(18)17-13(12(16)19)6-1-2-7-13/h3-5H,1-2,6-7H2,(H2,16,19)(H,17,18). The first-order valence-corrected chi connectivity index (χ1v) is 7.23. The Labute approximate surface area is 124 Å². The highest BCUT2D eigenvalue weighted by molar-refractivity contribution is 9.10. The molecule has 3 nitrogen and oxygen atoms in total. The van der Waals surface area contributed by atoms with Crippen molar-refractivity contribution < 1.29 is 9.18 Å². The van der Waals surface area contributed by atoms with Gasteiger partial charge < -0.3 is 11.1 Å². The third-order valence-electron chi connectivity index (χ3n) is 3.48. The summed E-state index contributed by atoms with van der Waals surface area (Å²) in [7, 11) is 0. The highest BCUT2D eigenvalue weighted by atomic mass is 79.9. The van der Waals surface area contributed by atoms with Crippen molar-refractivity contribution in [2.45, 2.75) is 31.2 Å². The van der Waals surface area contributed by atoms with Gasteiger partial charge in [-0.05, 0) is 40.9 Å². The summed E-state index contributed by atoms with van der Waals surface area (Å²) in [6.07, 6.45) is 3.42. The molecule has 0 radical (unpaired) electrons. The van der Waals surface area contributed by atoms with Crippen molar-refractivity contribution in [3.8, 4) is 0 Å². The van der Waals surface area contributed by atoms with E-state index in [-0.39, 0.29) is 15.9 Å². The van der Waals surface area contributed by atoms with Gasteiger partial charge in [0.25, 0.3) is 5.91 Å². The van der Waals surface area contributed by atoms with Crippen LogP contribution in [0.25, 0.3) is 0 Å². The van der Waals surface area contributed by atoms with Crippen LogP contribution in [-0.2, 0) is 0 Å². The molecule has 3 N–H and O–H groups in total. The summed E-state index contributed by atoms with van der Waals surface area (Å²) in [6.45, 7) is 0. The third-order valence-corrected chi connectivity index (χ3v) is 4.67. The van der Waals surface area contributed by atoms with E-state index in [2.05, 4.69) is 21.2 Å². The molecule has 0 aliphatic heterocycles. The van der Waals surface area contributed by atoms with Gasteiger partial charge in [0.05, 0.1) is 20.6 Å². The van der Waals surface area contributed by atoms with Gasteiger partial charge in [0.1, 0.15) is 5.82 Å². The topological polar surface area (TPSA) is 55.1 Å². The molecular weight excluding hydrogens is 331 g/mol. The Bertz CT molecular complexity index is 529. The molecule has 6 heteroatoms. The summed E-state index contributed by atoms with van der Waals surface area (Å²) in [5.74, 6) is -0.829. The van der Waals surface area contributed by atoms with E-state index >= 15 is 0 Å². The zero-order valence-electron chi connectivity index (χ0n) is 10.2. The maximum Gasteiger partial charge on any atom is 0.253 e. The van der Waals surface area contributed by atoms with Crippen molar-refractivity contribution in [1.82, 2.24) is 5.32 Å². The number of carbonyl (C=O) groups is 1.